The van der Waals surface area contributed by atoms with Gasteiger partial charge in [-0.1, -0.05) is 36.7 Å². The zero-order valence-electron chi connectivity index (χ0n) is 20.6. The van der Waals surface area contributed by atoms with Crippen LogP contribution >= 0.6 is 11.6 Å². The number of H-pyrrole nitrogens is 1. The molecule has 1 aliphatic rings. The number of fused-ring (bicyclic) bond motifs is 2. The van der Waals surface area contributed by atoms with Gasteiger partial charge in [-0.25, -0.2) is 14.5 Å². The highest BCUT2D eigenvalue weighted by atomic mass is 35.5. The van der Waals surface area contributed by atoms with Crippen molar-refractivity contribution in [1.82, 2.24) is 34.0 Å². The Morgan fingerprint density at radius 3 is 2.70 bits per heavy atom. The van der Waals surface area contributed by atoms with Gasteiger partial charge in [0.15, 0.2) is 5.82 Å². The monoisotopic (exact) mass is 516 g/mol. The number of aromatic amines is 1. The molecule has 0 radical (unpaired) electrons. The van der Waals surface area contributed by atoms with E-state index in [9.17, 15) is 9.59 Å². The standard InChI is InChI=1S/C26H25ClN8O2/c1-15-9-11-33(23-19-17(25(36)32(2)3)13-28-22(19)29-14-30-23)20(15)24-31-34-12-10-18(27)21(34)26(37)35(24)16-7-5-4-6-8-16/h4-8,10,12-15,20H,9,11H2,1-3H3,(H,28,29,30)/t15-,20-/m0/s1. The third-order valence-electron chi connectivity index (χ3n) is 7.00. The van der Waals surface area contributed by atoms with E-state index < -0.39 is 0 Å². The molecule has 188 valence electrons. The molecule has 2 atom stereocenters. The topological polar surface area (TPSA) is 104 Å². The Morgan fingerprint density at radius 1 is 1.16 bits per heavy atom. The summed E-state index contributed by atoms with van der Waals surface area (Å²) in [6, 6.07) is 10.8. The minimum atomic E-state index is -0.297. The molecule has 0 saturated carbocycles. The number of hydrogen-bond donors (Lipinski definition) is 1. The van der Waals surface area contributed by atoms with Crippen molar-refractivity contribution in [3.8, 4) is 5.69 Å². The number of rotatable bonds is 4. The third kappa shape index (κ3) is 3.59. The lowest BCUT2D eigenvalue weighted by molar-refractivity contribution is 0.0829. The van der Waals surface area contributed by atoms with Crippen LogP contribution in [0.25, 0.3) is 22.2 Å². The fourth-order valence-corrected chi connectivity index (χ4v) is 5.44. The van der Waals surface area contributed by atoms with Gasteiger partial charge in [0.1, 0.15) is 23.3 Å². The second-order valence-corrected chi connectivity index (χ2v) is 9.93. The van der Waals surface area contributed by atoms with Crippen LogP contribution in [-0.2, 0) is 0 Å². The molecule has 0 aliphatic carbocycles. The van der Waals surface area contributed by atoms with Gasteiger partial charge in [-0.3, -0.25) is 14.2 Å². The summed E-state index contributed by atoms with van der Waals surface area (Å²) in [5.74, 6) is 1.20. The average Bonchev–Trinajstić information content (AvgIpc) is 3.60. The molecule has 10 nitrogen and oxygen atoms in total. The maximum Gasteiger partial charge on any atom is 0.284 e. The van der Waals surface area contributed by atoms with Crippen molar-refractivity contribution in [2.45, 2.75) is 19.4 Å². The molecule has 4 aromatic heterocycles. The highest BCUT2D eigenvalue weighted by Crippen LogP contribution is 2.42. The number of halogens is 1. The number of carbonyl (C=O) groups excluding carboxylic acids is 1. The number of amides is 1. The van der Waals surface area contributed by atoms with Crippen LogP contribution in [0.15, 0.2) is 59.9 Å². The molecule has 1 amide bonds. The number of nitrogens with zero attached hydrogens (tertiary/aromatic N) is 7. The molecule has 11 heteroatoms. The van der Waals surface area contributed by atoms with Gasteiger partial charge in [-0.15, -0.1) is 0 Å². The highest BCUT2D eigenvalue weighted by molar-refractivity contribution is 6.33. The minimum absolute atomic E-state index is 0.141. The Balaban J connectivity index is 1.61. The van der Waals surface area contributed by atoms with Crippen molar-refractivity contribution >= 4 is 39.9 Å². The predicted octanol–water partition coefficient (Wildman–Crippen LogP) is 3.70. The average molecular weight is 517 g/mol. The Bertz CT molecular complexity index is 1700. The SMILES string of the molecule is C[C@H]1CCN(c2ncnc3[nH]cc(C(=O)N(C)C)c23)[C@@H]1c1nn2ccc(Cl)c2c(=O)n1-c1ccccc1. The van der Waals surface area contributed by atoms with Gasteiger partial charge < -0.3 is 14.8 Å². The fraction of sp³-hybridized carbons (Fsp3) is 0.269. The fourth-order valence-electron chi connectivity index (χ4n) is 5.22. The summed E-state index contributed by atoms with van der Waals surface area (Å²) in [5.41, 5.74) is 1.85. The van der Waals surface area contributed by atoms with Gasteiger partial charge >= 0.3 is 0 Å². The van der Waals surface area contributed by atoms with Gasteiger partial charge in [0.2, 0.25) is 0 Å². The first-order valence-corrected chi connectivity index (χ1v) is 12.4. The number of nitrogens with one attached hydrogen (secondary N) is 1. The van der Waals surface area contributed by atoms with Crippen LogP contribution in [0.4, 0.5) is 5.82 Å². The van der Waals surface area contributed by atoms with E-state index in [0.717, 1.165) is 6.42 Å². The smallest absolute Gasteiger partial charge is 0.284 e. The summed E-state index contributed by atoms with van der Waals surface area (Å²) in [4.78, 5) is 42.6. The quantitative estimate of drug-likeness (QED) is 0.390. The molecule has 5 aromatic rings. The first-order valence-electron chi connectivity index (χ1n) is 12.0. The number of anilines is 1. The molecule has 0 unspecified atom stereocenters. The molecule has 37 heavy (non-hydrogen) atoms. The molecule has 1 N–H and O–H groups in total. The second kappa shape index (κ2) is 8.74. The third-order valence-corrected chi connectivity index (χ3v) is 7.30. The van der Waals surface area contributed by atoms with Crippen molar-refractivity contribution in [2.75, 3.05) is 25.5 Å². The number of carbonyl (C=O) groups is 1. The highest BCUT2D eigenvalue weighted by Gasteiger charge is 2.39. The van der Waals surface area contributed by atoms with Gasteiger partial charge in [0, 0.05) is 33.0 Å². The van der Waals surface area contributed by atoms with Crippen LogP contribution < -0.4 is 10.5 Å². The van der Waals surface area contributed by atoms with E-state index in [4.69, 9.17) is 16.7 Å². The summed E-state index contributed by atoms with van der Waals surface area (Å²) >= 11 is 6.39. The largest absolute Gasteiger partial charge is 0.345 e. The lowest BCUT2D eigenvalue weighted by Crippen LogP contribution is -2.35. The first-order chi connectivity index (χ1) is 17.9. The van der Waals surface area contributed by atoms with Crippen LogP contribution in [0.5, 0.6) is 0 Å². The van der Waals surface area contributed by atoms with Gasteiger partial charge in [0.05, 0.1) is 27.7 Å². The molecule has 0 bridgehead atoms. The van der Waals surface area contributed by atoms with E-state index in [1.807, 2.05) is 30.3 Å². The predicted molar refractivity (Wildman–Crippen MR) is 142 cm³/mol. The lowest BCUT2D eigenvalue weighted by Gasteiger charge is -2.30. The maximum atomic E-state index is 13.8. The Kier molecular flexibility index (Phi) is 5.49. The molecule has 1 fully saturated rings. The minimum Gasteiger partial charge on any atom is -0.345 e. The molecule has 6 rings (SSSR count). The van der Waals surface area contributed by atoms with Crippen molar-refractivity contribution in [2.24, 2.45) is 5.92 Å². The second-order valence-electron chi connectivity index (χ2n) is 9.52. The first kappa shape index (κ1) is 23.2. The van der Waals surface area contributed by atoms with Crippen LogP contribution in [0.2, 0.25) is 5.02 Å². The van der Waals surface area contributed by atoms with E-state index >= 15 is 0 Å². The Hall–Kier alpha value is -4.18. The summed E-state index contributed by atoms with van der Waals surface area (Å²) in [6.45, 7) is 2.81. The Morgan fingerprint density at radius 2 is 1.95 bits per heavy atom. The van der Waals surface area contributed by atoms with Crippen molar-refractivity contribution in [3.63, 3.8) is 0 Å². The van der Waals surface area contributed by atoms with E-state index in [2.05, 4.69) is 26.8 Å². The van der Waals surface area contributed by atoms with Crippen molar-refractivity contribution in [1.29, 1.82) is 0 Å². The summed E-state index contributed by atoms with van der Waals surface area (Å²) < 4.78 is 3.19. The lowest BCUT2D eigenvalue weighted by atomic mass is 10.0. The van der Waals surface area contributed by atoms with Crippen LogP contribution in [0, 0.1) is 5.92 Å². The van der Waals surface area contributed by atoms with E-state index in [0.29, 0.717) is 51.0 Å². The summed E-state index contributed by atoms with van der Waals surface area (Å²) in [7, 11) is 3.43. The van der Waals surface area contributed by atoms with E-state index in [-0.39, 0.29) is 23.4 Å². The molecule has 1 saturated heterocycles. The number of benzene rings is 1. The molecule has 1 aliphatic heterocycles. The van der Waals surface area contributed by atoms with E-state index in [1.54, 1.807) is 41.6 Å². The van der Waals surface area contributed by atoms with Crippen molar-refractivity contribution < 1.29 is 4.79 Å². The zero-order valence-corrected chi connectivity index (χ0v) is 21.3. The summed E-state index contributed by atoms with van der Waals surface area (Å²) in [6.07, 6.45) is 5.72. The zero-order chi connectivity index (χ0) is 25.8. The molecule has 1 aromatic carbocycles. The van der Waals surface area contributed by atoms with Crippen LogP contribution in [0.3, 0.4) is 0 Å². The van der Waals surface area contributed by atoms with Gasteiger partial charge in [-0.2, -0.15) is 5.10 Å². The number of hydrogen-bond acceptors (Lipinski definition) is 6. The molecular weight excluding hydrogens is 492 g/mol. The Labute approximate surface area is 217 Å². The van der Waals surface area contributed by atoms with Crippen LogP contribution in [-0.4, -0.2) is 60.6 Å². The number of aromatic nitrogens is 6. The van der Waals surface area contributed by atoms with Crippen molar-refractivity contribution in [3.05, 3.63) is 81.9 Å². The molecule has 0 spiro atoms. The van der Waals surface area contributed by atoms with Gasteiger partial charge in [-0.05, 0) is 30.5 Å². The van der Waals surface area contributed by atoms with Gasteiger partial charge in [0.25, 0.3) is 11.5 Å². The maximum absolute atomic E-state index is 13.8. The normalized spacial score (nSPS) is 17.7. The number of para-hydroxylation sites is 1. The van der Waals surface area contributed by atoms with Crippen LogP contribution in [0.1, 0.15) is 35.6 Å². The molecular formula is C26H25ClN8O2. The van der Waals surface area contributed by atoms with E-state index in [1.165, 1.54) is 11.2 Å². The summed E-state index contributed by atoms with van der Waals surface area (Å²) in [5, 5.41) is 5.92. The molecule has 5 heterocycles.